The second-order valence-electron chi connectivity index (χ2n) is 9.48. The van der Waals surface area contributed by atoms with E-state index in [1.54, 1.807) is 12.3 Å². The van der Waals surface area contributed by atoms with Gasteiger partial charge in [-0.2, -0.15) is 5.26 Å². The molecule has 1 N–H and O–H groups in total. The number of benzene rings is 2. The molecule has 0 unspecified atom stereocenters. The first-order valence-electron chi connectivity index (χ1n) is 11.6. The Bertz CT molecular complexity index is 1620. The van der Waals surface area contributed by atoms with Gasteiger partial charge in [0.15, 0.2) is 17.4 Å². The van der Waals surface area contributed by atoms with Gasteiger partial charge in [-0.05, 0) is 50.4 Å². The summed E-state index contributed by atoms with van der Waals surface area (Å²) in [5.41, 5.74) is 1.73. The number of pyridine rings is 1. The lowest BCUT2D eigenvalue weighted by Crippen LogP contribution is -2.45. The van der Waals surface area contributed by atoms with Crippen molar-refractivity contribution >= 4 is 10.9 Å². The molecule has 2 aliphatic heterocycles. The number of nitrogens with one attached hydrogen (secondary N) is 1. The van der Waals surface area contributed by atoms with Gasteiger partial charge in [0.25, 0.3) is 5.56 Å². The number of aromatic nitrogens is 3. The first-order chi connectivity index (χ1) is 17.3. The van der Waals surface area contributed by atoms with Crippen LogP contribution < -0.4 is 15.6 Å². The molecular weight excluding hydrogens is 464 g/mol. The predicted octanol–water partition coefficient (Wildman–Crippen LogP) is 4.12. The van der Waals surface area contributed by atoms with Gasteiger partial charge >= 0.3 is 0 Å². The van der Waals surface area contributed by atoms with Crippen LogP contribution >= 0.6 is 0 Å². The van der Waals surface area contributed by atoms with Gasteiger partial charge in [0, 0.05) is 35.2 Å². The molecule has 36 heavy (non-hydrogen) atoms. The van der Waals surface area contributed by atoms with Crippen LogP contribution in [0, 0.1) is 35.8 Å². The Labute approximate surface area is 205 Å². The summed E-state index contributed by atoms with van der Waals surface area (Å²) in [6, 6.07) is 11.1. The predicted molar refractivity (Wildman–Crippen MR) is 129 cm³/mol. The summed E-state index contributed by atoms with van der Waals surface area (Å²) in [5.74, 6) is -1.53. The van der Waals surface area contributed by atoms with Crippen LogP contribution in [0.4, 0.5) is 8.78 Å². The van der Waals surface area contributed by atoms with Crippen molar-refractivity contribution in [2.75, 3.05) is 13.7 Å². The summed E-state index contributed by atoms with van der Waals surface area (Å²) in [4.78, 5) is 23.4. The molecular formula is C27H21F2N5O2. The second-order valence-corrected chi connectivity index (χ2v) is 9.48. The average Bonchev–Trinajstić information content (AvgIpc) is 3.46. The minimum atomic E-state index is -0.925. The molecule has 7 nitrogen and oxygen atoms in total. The van der Waals surface area contributed by atoms with E-state index in [1.165, 1.54) is 17.7 Å². The maximum Gasteiger partial charge on any atom is 0.266 e. The molecule has 0 amide bonds. The van der Waals surface area contributed by atoms with Crippen LogP contribution in [0.3, 0.4) is 0 Å². The molecule has 0 spiro atoms. The fourth-order valence-electron chi connectivity index (χ4n) is 5.45. The summed E-state index contributed by atoms with van der Waals surface area (Å²) < 4.78 is 35.5. The van der Waals surface area contributed by atoms with E-state index in [9.17, 15) is 18.8 Å². The Kier molecular flexibility index (Phi) is 4.92. The van der Waals surface area contributed by atoms with Crippen LogP contribution in [0.15, 0.2) is 47.4 Å². The number of methoxy groups -OCH3 is 1. The molecule has 180 valence electrons. The third-order valence-corrected chi connectivity index (χ3v) is 7.20. The molecule has 1 saturated carbocycles. The largest absolute Gasteiger partial charge is 0.491 e. The molecule has 2 bridgehead atoms. The van der Waals surface area contributed by atoms with Crippen molar-refractivity contribution in [3.05, 3.63) is 81.7 Å². The highest BCUT2D eigenvalue weighted by molar-refractivity contribution is 5.94. The van der Waals surface area contributed by atoms with Gasteiger partial charge in [-0.25, -0.2) is 13.8 Å². The lowest BCUT2D eigenvalue weighted by Gasteiger charge is -2.38. The van der Waals surface area contributed by atoms with Crippen molar-refractivity contribution in [3.63, 3.8) is 0 Å². The molecule has 7 rings (SSSR count). The van der Waals surface area contributed by atoms with E-state index in [4.69, 9.17) is 9.72 Å². The summed E-state index contributed by atoms with van der Waals surface area (Å²) in [5, 5.41) is 13.3. The highest BCUT2D eigenvalue weighted by Crippen LogP contribution is 2.50. The van der Waals surface area contributed by atoms with Crippen molar-refractivity contribution < 1.29 is 13.5 Å². The van der Waals surface area contributed by atoms with E-state index in [0.717, 1.165) is 37.2 Å². The Morgan fingerprint density at radius 2 is 1.94 bits per heavy atom. The molecule has 4 heterocycles. The van der Waals surface area contributed by atoms with E-state index in [2.05, 4.69) is 16.4 Å². The summed E-state index contributed by atoms with van der Waals surface area (Å²) in [6.07, 6.45) is 3.21. The van der Waals surface area contributed by atoms with E-state index in [-0.39, 0.29) is 16.6 Å². The van der Waals surface area contributed by atoms with Crippen LogP contribution in [0.2, 0.25) is 0 Å². The van der Waals surface area contributed by atoms with Gasteiger partial charge in [-0.3, -0.25) is 14.3 Å². The molecule has 3 fully saturated rings. The van der Waals surface area contributed by atoms with Crippen molar-refractivity contribution in [1.82, 2.24) is 19.9 Å². The van der Waals surface area contributed by atoms with Gasteiger partial charge in [0.05, 0.1) is 40.9 Å². The fraction of sp³-hybridized carbons (Fsp3) is 0.259. The number of hydrogen-bond donors (Lipinski definition) is 1. The standard InChI is InChI=1S/C27H21F2N5O2/c1-14-3-4-17(13-31-14)19-5-15(11-30)6-20-23(19)33-26(27-9-16(10-27)12-32-27)34(25(20)35)18-7-21(28)24(36-2)22(29)8-18/h3-8,13,16,32H,9-10,12H2,1-2H3. The number of fused-ring (bicyclic) bond motifs is 2. The van der Waals surface area contributed by atoms with E-state index in [1.807, 2.05) is 19.1 Å². The summed E-state index contributed by atoms with van der Waals surface area (Å²) in [7, 11) is 1.18. The lowest BCUT2D eigenvalue weighted by molar-refractivity contribution is 0.211. The number of hydrogen-bond acceptors (Lipinski definition) is 6. The van der Waals surface area contributed by atoms with Crippen molar-refractivity contribution in [3.8, 4) is 28.6 Å². The average molecular weight is 485 g/mol. The number of aryl methyl sites for hydroxylation is 1. The second kappa shape index (κ2) is 7.93. The molecule has 0 radical (unpaired) electrons. The molecule has 1 aliphatic carbocycles. The highest BCUT2D eigenvalue weighted by atomic mass is 19.1. The third kappa shape index (κ3) is 3.22. The number of rotatable bonds is 4. The van der Waals surface area contributed by atoms with Crippen LogP contribution in [0.25, 0.3) is 27.7 Å². The van der Waals surface area contributed by atoms with Gasteiger partial charge in [0.2, 0.25) is 0 Å². The molecule has 0 atom stereocenters. The molecule has 2 aromatic carbocycles. The quantitative estimate of drug-likeness (QED) is 0.468. The maximum atomic E-state index is 14.7. The first-order valence-corrected chi connectivity index (χ1v) is 11.6. The Morgan fingerprint density at radius 1 is 1.19 bits per heavy atom. The maximum absolute atomic E-state index is 14.7. The van der Waals surface area contributed by atoms with Crippen molar-refractivity contribution in [2.45, 2.75) is 25.3 Å². The minimum Gasteiger partial charge on any atom is -0.491 e. The Morgan fingerprint density at radius 3 is 2.53 bits per heavy atom. The molecule has 9 heteroatoms. The lowest BCUT2D eigenvalue weighted by atomic mass is 9.73. The zero-order chi connectivity index (χ0) is 25.2. The van der Waals surface area contributed by atoms with E-state index < -0.39 is 28.5 Å². The van der Waals surface area contributed by atoms with Gasteiger partial charge in [0.1, 0.15) is 5.82 Å². The molecule has 2 aromatic heterocycles. The zero-order valence-electron chi connectivity index (χ0n) is 19.6. The zero-order valence-corrected chi connectivity index (χ0v) is 19.6. The normalized spacial score (nSPS) is 20.2. The van der Waals surface area contributed by atoms with Crippen LogP contribution in [-0.4, -0.2) is 28.2 Å². The monoisotopic (exact) mass is 485 g/mol. The van der Waals surface area contributed by atoms with Gasteiger partial charge < -0.3 is 10.1 Å². The van der Waals surface area contributed by atoms with Crippen molar-refractivity contribution in [2.24, 2.45) is 5.92 Å². The molecule has 3 aliphatic rings. The van der Waals surface area contributed by atoms with Crippen LogP contribution in [0.5, 0.6) is 5.75 Å². The molecule has 2 saturated heterocycles. The number of nitrogens with zero attached hydrogens (tertiary/aromatic N) is 4. The number of halogens is 2. The minimum absolute atomic E-state index is 0.00707. The SMILES string of the molecule is COc1c(F)cc(-n2c(C34CC(CN3)C4)nc3c(-c4ccc(C)nc4)cc(C#N)cc3c2=O)cc1F. The summed E-state index contributed by atoms with van der Waals surface area (Å²) >= 11 is 0. The first kappa shape index (κ1) is 22.3. The number of nitriles is 1. The van der Waals surface area contributed by atoms with Crippen molar-refractivity contribution in [1.29, 1.82) is 5.26 Å². The highest BCUT2D eigenvalue weighted by Gasteiger charge is 2.54. The third-order valence-electron chi connectivity index (χ3n) is 7.20. The Balaban J connectivity index is 1.71. The molecule has 4 aromatic rings. The number of ether oxygens (including phenoxy) is 1. The van der Waals surface area contributed by atoms with Crippen LogP contribution in [0.1, 0.15) is 29.9 Å². The Hall–Kier alpha value is -4.16. The van der Waals surface area contributed by atoms with E-state index >= 15 is 0 Å². The summed E-state index contributed by atoms with van der Waals surface area (Å²) in [6.45, 7) is 2.65. The topological polar surface area (TPSA) is 92.8 Å². The van der Waals surface area contributed by atoms with Gasteiger partial charge in [-0.1, -0.05) is 6.07 Å². The van der Waals surface area contributed by atoms with Crippen LogP contribution in [-0.2, 0) is 5.54 Å². The fourth-order valence-corrected chi connectivity index (χ4v) is 5.45. The van der Waals surface area contributed by atoms with E-state index in [0.29, 0.717) is 28.4 Å². The van der Waals surface area contributed by atoms with Gasteiger partial charge in [-0.15, -0.1) is 0 Å². The smallest absolute Gasteiger partial charge is 0.266 e.